The van der Waals surface area contributed by atoms with E-state index in [2.05, 4.69) is 25.7 Å². The number of halogens is 10. The van der Waals surface area contributed by atoms with E-state index in [4.69, 9.17) is 4.74 Å². The van der Waals surface area contributed by atoms with E-state index in [1.807, 2.05) is 0 Å². The molecule has 0 saturated carbocycles. The van der Waals surface area contributed by atoms with Gasteiger partial charge >= 0.3 is 24.5 Å². The Bertz CT molecular complexity index is 1240. The van der Waals surface area contributed by atoms with Crippen LogP contribution in [0.4, 0.5) is 51.1 Å². The number of aromatic nitrogens is 2. The molecule has 2 rings (SSSR count). The van der Waals surface area contributed by atoms with Crippen molar-refractivity contribution in [2.24, 2.45) is 0 Å². The van der Waals surface area contributed by atoms with E-state index in [1.165, 1.54) is 20.8 Å². The summed E-state index contributed by atoms with van der Waals surface area (Å²) in [5.41, 5.74) is -8.05. The number of methoxy groups -OCH3 is 1. The number of hydrogen-bond donors (Lipinski definition) is 0. The van der Waals surface area contributed by atoms with Gasteiger partial charge < -0.3 is 9.47 Å². The van der Waals surface area contributed by atoms with E-state index in [1.54, 1.807) is 0 Å². The quantitative estimate of drug-likeness (QED) is 0.208. The Morgan fingerprint density at radius 2 is 1.61 bits per heavy atom. The number of esters is 1. The molecule has 0 amide bonds. The maximum atomic E-state index is 13.8. The highest BCUT2D eigenvalue weighted by atomic mass is 79.9. The number of rotatable bonds is 7. The lowest BCUT2D eigenvalue weighted by molar-refractivity contribution is -0.156. The standard InChI is InChI=1S/C21H19BrF9N3O4/c1-5-33-14(35)8-13(21(29,30)31)32-18(33)34(16(17(36)37-4)38-9(2)3)12-7-10(19(23,24)25)6-11(15(12)22)20(26,27)28/h6-9,16H,5H2,1-4H3. The largest absolute Gasteiger partial charge is 0.466 e. The summed E-state index contributed by atoms with van der Waals surface area (Å²) in [6.07, 6.45) is -19.3. The van der Waals surface area contributed by atoms with Crippen molar-refractivity contribution in [1.29, 1.82) is 0 Å². The fourth-order valence-electron chi connectivity index (χ4n) is 3.19. The van der Waals surface area contributed by atoms with Crippen molar-refractivity contribution in [1.82, 2.24) is 9.55 Å². The first kappa shape index (κ1) is 31.4. The minimum absolute atomic E-state index is 0.0873. The van der Waals surface area contributed by atoms with E-state index in [-0.39, 0.29) is 23.1 Å². The predicted molar refractivity (Wildman–Crippen MR) is 117 cm³/mol. The molecule has 0 aliphatic heterocycles. The Hall–Kier alpha value is -2.82. The normalized spacial score (nSPS) is 13.6. The second-order valence-electron chi connectivity index (χ2n) is 7.80. The number of ether oxygens (including phenoxy) is 2. The van der Waals surface area contributed by atoms with Crippen molar-refractivity contribution in [3.63, 3.8) is 0 Å². The zero-order valence-electron chi connectivity index (χ0n) is 19.8. The Morgan fingerprint density at radius 3 is 2.03 bits per heavy atom. The molecule has 2 aromatic rings. The van der Waals surface area contributed by atoms with Crippen LogP contribution < -0.4 is 10.5 Å². The van der Waals surface area contributed by atoms with E-state index in [9.17, 15) is 49.1 Å². The highest BCUT2D eigenvalue weighted by Crippen LogP contribution is 2.46. The fourth-order valence-corrected chi connectivity index (χ4v) is 3.84. The molecule has 38 heavy (non-hydrogen) atoms. The molecule has 0 N–H and O–H groups in total. The maximum Gasteiger partial charge on any atom is 0.433 e. The third kappa shape index (κ3) is 6.78. The van der Waals surface area contributed by atoms with E-state index in [0.29, 0.717) is 4.57 Å². The van der Waals surface area contributed by atoms with Crippen LogP contribution in [0.1, 0.15) is 37.6 Å². The maximum absolute atomic E-state index is 13.8. The van der Waals surface area contributed by atoms with Crippen LogP contribution in [0.25, 0.3) is 0 Å². The number of carbonyl (C=O) groups excluding carboxylic acids is 1. The van der Waals surface area contributed by atoms with Gasteiger partial charge in [0.1, 0.15) is 0 Å². The van der Waals surface area contributed by atoms with Crippen molar-refractivity contribution in [2.75, 3.05) is 12.0 Å². The minimum Gasteiger partial charge on any atom is -0.466 e. The molecule has 17 heteroatoms. The average molecular weight is 628 g/mol. The van der Waals surface area contributed by atoms with Crippen LogP contribution >= 0.6 is 15.9 Å². The van der Waals surface area contributed by atoms with Gasteiger partial charge in [-0.25, -0.2) is 9.78 Å². The van der Waals surface area contributed by atoms with Crippen LogP contribution in [0, 0.1) is 0 Å². The summed E-state index contributed by atoms with van der Waals surface area (Å²) in [6, 6.07) is 0.00398. The molecule has 0 fully saturated rings. The molecule has 7 nitrogen and oxygen atoms in total. The molecule has 1 atom stereocenters. The molecule has 1 aromatic heterocycles. The molecule has 0 saturated heterocycles. The zero-order chi connectivity index (χ0) is 29.4. The molecule has 0 spiro atoms. The summed E-state index contributed by atoms with van der Waals surface area (Å²) in [4.78, 5) is 28.8. The number of benzene rings is 1. The molecule has 0 bridgehead atoms. The van der Waals surface area contributed by atoms with Crippen LogP contribution in [-0.2, 0) is 39.3 Å². The smallest absolute Gasteiger partial charge is 0.433 e. The van der Waals surface area contributed by atoms with Crippen molar-refractivity contribution in [3.8, 4) is 0 Å². The van der Waals surface area contributed by atoms with Crippen LogP contribution in [-0.4, -0.2) is 35.0 Å². The highest BCUT2D eigenvalue weighted by molar-refractivity contribution is 9.10. The summed E-state index contributed by atoms with van der Waals surface area (Å²) in [5.74, 6) is -2.55. The van der Waals surface area contributed by atoms with Gasteiger partial charge in [-0.3, -0.25) is 14.3 Å². The Morgan fingerprint density at radius 1 is 1.03 bits per heavy atom. The third-order valence-corrected chi connectivity index (χ3v) is 5.63. The lowest BCUT2D eigenvalue weighted by atomic mass is 10.1. The lowest BCUT2D eigenvalue weighted by Gasteiger charge is -2.34. The van der Waals surface area contributed by atoms with Gasteiger partial charge in [0.05, 0.1) is 34.5 Å². The first-order chi connectivity index (χ1) is 17.2. The first-order valence-electron chi connectivity index (χ1n) is 10.4. The minimum atomic E-state index is -5.40. The second-order valence-corrected chi connectivity index (χ2v) is 8.60. The van der Waals surface area contributed by atoms with Crippen LogP contribution in [0.5, 0.6) is 0 Å². The third-order valence-electron chi connectivity index (χ3n) is 4.79. The van der Waals surface area contributed by atoms with Gasteiger partial charge in [-0.1, -0.05) is 0 Å². The van der Waals surface area contributed by atoms with Crippen molar-refractivity contribution >= 4 is 33.5 Å². The average Bonchev–Trinajstić information content (AvgIpc) is 2.76. The first-order valence-corrected chi connectivity index (χ1v) is 11.2. The van der Waals surface area contributed by atoms with Crippen LogP contribution in [0.2, 0.25) is 0 Å². The van der Waals surface area contributed by atoms with Gasteiger partial charge in [0.15, 0.2) is 5.69 Å². The van der Waals surface area contributed by atoms with Crippen molar-refractivity contribution in [2.45, 2.75) is 58.2 Å². The van der Waals surface area contributed by atoms with Crippen LogP contribution in [0.3, 0.4) is 0 Å². The Kier molecular flexibility index (Phi) is 9.19. The molecule has 212 valence electrons. The number of anilines is 2. The lowest BCUT2D eigenvalue weighted by Crippen LogP contribution is -2.46. The topological polar surface area (TPSA) is 73.7 Å². The van der Waals surface area contributed by atoms with E-state index in [0.717, 1.165) is 7.11 Å². The molecule has 0 radical (unpaired) electrons. The number of carbonyl (C=O) groups is 1. The Labute approximate surface area is 217 Å². The molecule has 0 aliphatic rings. The molecular formula is C21H19BrF9N3O4. The van der Waals surface area contributed by atoms with Gasteiger partial charge in [-0.2, -0.15) is 39.5 Å². The SMILES string of the molecule is CCn1c(N(c2cc(C(F)(F)F)cc(C(F)(F)F)c2Br)C(OC(C)C)C(=O)OC)nc(C(F)(F)F)cc1=O. The fraction of sp³-hybridized carbons (Fsp3) is 0.476. The van der Waals surface area contributed by atoms with Gasteiger partial charge in [0.25, 0.3) is 5.56 Å². The monoisotopic (exact) mass is 627 g/mol. The van der Waals surface area contributed by atoms with E-state index < -0.39 is 81.9 Å². The molecule has 0 aliphatic carbocycles. The summed E-state index contributed by atoms with van der Waals surface area (Å²) >= 11 is 2.57. The highest BCUT2D eigenvalue weighted by Gasteiger charge is 2.43. The van der Waals surface area contributed by atoms with Gasteiger partial charge in [-0.15, -0.1) is 0 Å². The predicted octanol–water partition coefficient (Wildman–Crippen LogP) is 6.14. The van der Waals surface area contributed by atoms with Crippen LogP contribution in [0.15, 0.2) is 27.5 Å². The van der Waals surface area contributed by atoms with Crippen molar-refractivity contribution < 1.29 is 53.8 Å². The molecular weight excluding hydrogens is 609 g/mol. The molecule has 1 heterocycles. The molecule has 1 aromatic carbocycles. The second kappa shape index (κ2) is 11.1. The van der Waals surface area contributed by atoms with E-state index >= 15 is 0 Å². The summed E-state index contributed by atoms with van der Waals surface area (Å²) in [7, 11) is 0.798. The van der Waals surface area contributed by atoms with Crippen molar-refractivity contribution in [3.05, 3.63) is 49.8 Å². The zero-order valence-corrected chi connectivity index (χ0v) is 21.4. The number of nitrogens with zero attached hydrogens (tertiary/aromatic N) is 3. The summed E-state index contributed by atoms with van der Waals surface area (Å²) in [5, 5.41) is 0. The molecule has 1 unspecified atom stereocenters. The number of hydrogen-bond acceptors (Lipinski definition) is 6. The summed E-state index contributed by atoms with van der Waals surface area (Å²) < 4.78 is 132. The van der Waals surface area contributed by atoms with Gasteiger partial charge in [0.2, 0.25) is 12.2 Å². The van der Waals surface area contributed by atoms with Gasteiger partial charge in [0, 0.05) is 12.6 Å². The van der Waals surface area contributed by atoms with Gasteiger partial charge in [-0.05, 0) is 48.8 Å². The number of alkyl halides is 9. The Balaban J connectivity index is 3.19. The summed E-state index contributed by atoms with van der Waals surface area (Å²) in [6.45, 7) is 3.44.